The molecule has 0 bridgehead atoms. The zero-order valence-corrected chi connectivity index (χ0v) is 11.9. The van der Waals surface area contributed by atoms with Crippen LogP contribution in [0.1, 0.15) is 11.1 Å². The predicted molar refractivity (Wildman–Crippen MR) is 85.9 cm³/mol. The van der Waals surface area contributed by atoms with Gasteiger partial charge in [-0.05, 0) is 17.2 Å². The molecule has 1 aromatic heterocycles. The molecule has 0 radical (unpaired) electrons. The van der Waals surface area contributed by atoms with Crippen molar-refractivity contribution in [3.63, 3.8) is 0 Å². The van der Waals surface area contributed by atoms with Gasteiger partial charge in [-0.25, -0.2) is 0 Å². The maximum atomic E-state index is 12.0. The van der Waals surface area contributed by atoms with Crippen molar-refractivity contribution in [1.29, 1.82) is 0 Å². The molecule has 2 N–H and O–H groups in total. The first-order chi connectivity index (χ1) is 10.3. The van der Waals surface area contributed by atoms with Crippen molar-refractivity contribution in [2.24, 2.45) is 5.73 Å². The summed E-state index contributed by atoms with van der Waals surface area (Å²) in [6.07, 6.45) is 5.72. The average molecular weight is 284 g/mol. The maximum Gasteiger partial charge on any atom is 0.251 e. The van der Waals surface area contributed by atoms with Crippen LogP contribution in [0.3, 0.4) is 0 Å². The van der Waals surface area contributed by atoms with Crippen LogP contribution < -0.4 is 11.3 Å². The Bertz CT molecular complexity index is 633. The molecule has 0 fully saturated rings. The summed E-state index contributed by atoms with van der Waals surface area (Å²) in [6, 6.07) is 13.5. The van der Waals surface area contributed by atoms with Crippen molar-refractivity contribution in [1.82, 2.24) is 4.57 Å². The lowest BCUT2D eigenvalue weighted by molar-refractivity contribution is 0.132. The number of nitrogens with two attached hydrogens (primary N) is 1. The molecule has 0 aliphatic rings. The lowest BCUT2D eigenvalue weighted by atomic mass is 10.1. The quantitative estimate of drug-likeness (QED) is 0.791. The number of ether oxygens (including phenoxy) is 1. The highest BCUT2D eigenvalue weighted by Crippen LogP contribution is 2.06. The third-order valence-corrected chi connectivity index (χ3v) is 3.03. The largest absolute Gasteiger partial charge is 0.378 e. The molecule has 0 aliphatic carbocycles. The Morgan fingerprint density at radius 1 is 1.05 bits per heavy atom. The summed E-state index contributed by atoms with van der Waals surface area (Å²) in [4.78, 5) is 12.0. The van der Waals surface area contributed by atoms with E-state index in [9.17, 15) is 4.79 Å². The Morgan fingerprint density at radius 3 is 2.52 bits per heavy atom. The van der Waals surface area contributed by atoms with Crippen LogP contribution >= 0.6 is 0 Å². The second-order valence-electron chi connectivity index (χ2n) is 4.64. The first kappa shape index (κ1) is 15.2. The number of hydrogen-bond donors (Lipinski definition) is 1. The Kier molecular flexibility index (Phi) is 5.94. The minimum atomic E-state index is -0.0263. The van der Waals surface area contributed by atoms with Gasteiger partial charge in [-0.3, -0.25) is 4.79 Å². The third-order valence-electron chi connectivity index (χ3n) is 3.03. The van der Waals surface area contributed by atoms with Crippen LogP contribution in [0, 0.1) is 0 Å². The summed E-state index contributed by atoms with van der Waals surface area (Å²) in [7, 11) is 0. The van der Waals surface area contributed by atoms with Gasteiger partial charge in [-0.15, -0.1) is 0 Å². The summed E-state index contributed by atoms with van der Waals surface area (Å²) >= 11 is 0. The van der Waals surface area contributed by atoms with Crippen molar-refractivity contribution >= 4 is 12.2 Å². The van der Waals surface area contributed by atoms with Gasteiger partial charge in [0.2, 0.25) is 0 Å². The van der Waals surface area contributed by atoms with Crippen LogP contribution in [0.25, 0.3) is 12.2 Å². The van der Waals surface area contributed by atoms with E-state index in [1.807, 2.05) is 48.6 Å². The van der Waals surface area contributed by atoms with E-state index in [4.69, 9.17) is 10.5 Å². The Morgan fingerprint density at radius 2 is 1.81 bits per heavy atom. The fourth-order valence-corrected chi connectivity index (χ4v) is 1.92. The normalized spacial score (nSPS) is 11.1. The molecule has 2 aromatic rings. The van der Waals surface area contributed by atoms with E-state index in [2.05, 4.69) is 0 Å². The fourth-order valence-electron chi connectivity index (χ4n) is 1.92. The zero-order chi connectivity index (χ0) is 14.9. The molecule has 0 amide bonds. The standard InChI is InChI=1S/C17H20N2O2/c18-9-12-21-13-11-19-10-8-16(14-17(19)20)7-6-15-4-2-1-3-5-15/h1-8,10,14H,9,11-13,18H2/b7-6+. The lowest BCUT2D eigenvalue weighted by Crippen LogP contribution is -2.22. The Balaban J connectivity index is 1.99. The molecule has 4 heteroatoms. The van der Waals surface area contributed by atoms with Crippen LogP contribution in [0.5, 0.6) is 0 Å². The van der Waals surface area contributed by atoms with E-state index in [0.29, 0.717) is 26.3 Å². The fraction of sp³-hybridized carbons (Fsp3) is 0.235. The molecule has 0 unspecified atom stereocenters. The van der Waals surface area contributed by atoms with E-state index in [-0.39, 0.29) is 5.56 Å². The second kappa shape index (κ2) is 8.19. The average Bonchev–Trinajstić information content (AvgIpc) is 2.52. The number of aromatic nitrogens is 1. The molecule has 0 atom stereocenters. The third kappa shape index (κ3) is 5.02. The van der Waals surface area contributed by atoms with Crippen molar-refractivity contribution in [3.8, 4) is 0 Å². The van der Waals surface area contributed by atoms with E-state index >= 15 is 0 Å². The van der Waals surface area contributed by atoms with Gasteiger partial charge in [0.1, 0.15) is 0 Å². The van der Waals surface area contributed by atoms with Gasteiger partial charge in [0.05, 0.1) is 13.2 Å². The molecule has 1 aromatic carbocycles. The minimum Gasteiger partial charge on any atom is -0.378 e. The van der Waals surface area contributed by atoms with Crippen LogP contribution in [-0.2, 0) is 11.3 Å². The maximum absolute atomic E-state index is 12.0. The predicted octanol–water partition coefficient (Wildman–Crippen LogP) is 1.99. The van der Waals surface area contributed by atoms with Crippen LogP contribution in [0.4, 0.5) is 0 Å². The smallest absolute Gasteiger partial charge is 0.251 e. The molecule has 1 heterocycles. The van der Waals surface area contributed by atoms with Crippen LogP contribution in [-0.4, -0.2) is 24.3 Å². The topological polar surface area (TPSA) is 57.2 Å². The molecular formula is C17H20N2O2. The van der Waals surface area contributed by atoms with Gasteiger partial charge < -0.3 is 15.0 Å². The SMILES string of the molecule is NCCOCCn1ccc(/C=C/c2ccccc2)cc1=O. The molecule has 0 saturated carbocycles. The highest BCUT2D eigenvalue weighted by atomic mass is 16.5. The molecule has 0 saturated heterocycles. The summed E-state index contributed by atoms with van der Waals surface area (Å²) in [5.74, 6) is 0. The molecule has 2 rings (SSSR count). The second-order valence-corrected chi connectivity index (χ2v) is 4.64. The number of rotatable bonds is 7. The zero-order valence-electron chi connectivity index (χ0n) is 11.9. The molecule has 4 nitrogen and oxygen atoms in total. The van der Waals surface area contributed by atoms with Gasteiger partial charge in [0, 0.05) is 25.4 Å². The minimum absolute atomic E-state index is 0.0263. The Hall–Kier alpha value is -2.17. The molecule has 0 spiro atoms. The number of pyridine rings is 1. The van der Waals surface area contributed by atoms with Crippen LogP contribution in [0.15, 0.2) is 53.5 Å². The lowest BCUT2D eigenvalue weighted by Gasteiger charge is -2.06. The van der Waals surface area contributed by atoms with Gasteiger partial charge in [-0.1, -0.05) is 42.5 Å². The van der Waals surface area contributed by atoms with E-state index < -0.39 is 0 Å². The first-order valence-electron chi connectivity index (χ1n) is 7.01. The molecule has 0 aliphatic heterocycles. The monoisotopic (exact) mass is 284 g/mol. The van der Waals surface area contributed by atoms with Crippen molar-refractivity contribution in [2.45, 2.75) is 6.54 Å². The van der Waals surface area contributed by atoms with Crippen LogP contribution in [0.2, 0.25) is 0 Å². The first-order valence-corrected chi connectivity index (χ1v) is 7.01. The highest BCUT2D eigenvalue weighted by Gasteiger charge is 1.97. The molecule has 21 heavy (non-hydrogen) atoms. The summed E-state index contributed by atoms with van der Waals surface area (Å²) < 4.78 is 6.91. The van der Waals surface area contributed by atoms with Crippen molar-refractivity contribution in [2.75, 3.05) is 19.8 Å². The van der Waals surface area contributed by atoms with E-state index in [0.717, 1.165) is 11.1 Å². The number of hydrogen-bond acceptors (Lipinski definition) is 3. The number of nitrogens with zero attached hydrogens (tertiary/aromatic N) is 1. The van der Waals surface area contributed by atoms with E-state index in [1.54, 1.807) is 16.8 Å². The molecular weight excluding hydrogens is 264 g/mol. The van der Waals surface area contributed by atoms with Gasteiger partial charge in [-0.2, -0.15) is 0 Å². The van der Waals surface area contributed by atoms with Gasteiger partial charge in [0.25, 0.3) is 5.56 Å². The Labute approximate surface area is 124 Å². The van der Waals surface area contributed by atoms with E-state index in [1.165, 1.54) is 0 Å². The van der Waals surface area contributed by atoms with Gasteiger partial charge in [0.15, 0.2) is 0 Å². The van der Waals surface area contributed by atoms with Crippen molar-refractivity contribution in [3.05, 3.63) is 70.1 Å². The highest BCUT2D eigenvalue weighted by molar-refractivity contribution is 5.69. The summed E-state index contributed by atoms with van der Waals surface area (Å²) in [6.45, 7) is 2.06. The van der Waals surface area contributed by atoms with Gasteiger partial charge >= 0.3 is 0 Å². The number of benzene rings is 1. The summed E-state index contributed by atoms with van der Waals surface area (Å²) in [5, 5.41) is 0. The molecule has 110 valence electrons. The summed E-state index contributed by atoms with van der Waals surface area (Å²) in [5.41, 5.74) is 7.31. The van der Waals surface area contributed by atoms with Crippen molar-refractivity contribution < 1.29 is 4.74 Å².